The molecule has 0 saturated heterocycles. The summed E-state index contributed by atoms with van der Waals surface area (Å²) in [6.07, 6.45) is 3.90. The van der Waals surface area contributed by atoms with Gasteiger partial charge in [0.15, 0.2) is 0 Å². The number of rotatable bonds is 4. The first kappa shape index (κ1) is 15.8. The lowest BCUT2D eigenvalue weighted by atomic mass is 9.90. The number of nitrogens with zero attached hydrogens (tertiary/aromatic N) is 1. The van der Waals surface area contributed by atoms with Crippen molar-refractivity contribution >= 4 is 11.8 Å². The molecule has 1 aliphatic rings. The third kappa shape index (κ3) is 3.53. The van der Waals surface area contributed by atoms with E-state index < -0.39 is 5.97 Å². The van der Waals surface area contributed by atoms with E-state index in [-0.39, 0.29) is 23.1 Å². The minimum Gasteiger partial charge on any atom is -0.478 e. The molecule has 0 aromatic carbocycles. The molecular weight excluding hydrogens is 268 g/mol. The average molecular weight is 292 g/mol. The van der Waals surface area contributed by atoms with Crippen LogP contribution in [0, 0.1) is 0 Å². The normalized spacial score (nSPS) is 17.7. The van der Waals surface area contributed by atoms with Crippen LogP contribution < -0.4 is 5.32 Å². The number of aliphatic hydroxyl groups is 1. The van der Waals surface area contributed by atoms with Crippen LogP contribution in [0.15, 0.2) is 12.1 Å². The molecule has 3 N–H and O–H groups in total. The van der Waals surface area contributed by atoms with E-state index >= 15 is 0 Å². The van der Waals surface area contributed by atoms with E-state index in [4.69, 9.17) is 0 Å². The van der Waals surface area contributed by atoms with Gasteiger partial charge in [-0.2, -0.15) is 0 Å². The fraction of sp³-hybridized carbons (Fsp3) is 0.625. The fourth-order valence-electron chi connectivity index (χ4n) is 2.75. The lowest BCUT2D eigenvalue weighted by Gasteiger charge is -2.29. The summed E-state index contributed by atoms with van der Waals surface area (Å²) in [5.74, 6) is -0.425. The van der Waals surface area contributed by atoms with Gasteiger partial charge in [-0.25, -0.2) is 9.78 Å². The molecule has 2 rings (SSSR count). The highest BCUT2D eigenvalue weighted by Crippen LogP contribution is 2.33. The summed E-state index contributed by atoms with van der Waals surface area (Å²) in [6, 6.07) is 3.17. The SMILES string of the molecule is CC(C)(C)c1cc(C(=O)O)cc(NC2(CO)CCCC2)n1. The number of carboxylic acids is 1. The molecule has 5 nitrogen and oxygen atoms in total. The van der Waals surface area contributed by atoms with Crippen molar-refractivity contribution in [1.82, 2.24) is 4.98 Å². The molecule has 1 aliphatic carbocycles. The van der Waals surface area contributed by atoms with Crippen molar-refractivity contribution in [1.29, 1.82) is 0 Å². The lowest BCUT2D eigenvalue weighted by molar-refractivity contribution is 0.0696. The molecule has 0 radical (unpaired) electrons. The zero-order valence-corrected chi connectivity index (χ0v) is 12.9. The number of carbonyl (C=O) groups is 1. The van der Waals surface area contributed by atoms with Crippen molar-refractivity contribution in [2.45, 2.75) is 57.4 Å². The largest absolute Gasteiger partial charge is 0.478 e. The first-order valence-corrected chi connectivity index (χ1v) is 7.41. The summed E-state index contributed by atoms with van der Waals surface area (Å²) < 4.78 is 0. The van der Waals surface area contributed by atoms with Gasteiger partial charge in [0, 0.05) is 11.1 Å². The molecule has 1 heterocycles. The predicted molar refractivity (Wildman–Crippen MR) is 81.8 cm³/mol. The number of pyridine rings is 1. The van der Waals surface area contributed by atoms with E-state index in [0.29, 0.717) is 5.82 Å². The Morgan fingerprint density at radius 1 is 1.33 bits per heavy atom. The summed E-state index contributed by atoms with van der Waals surface area (Å²) in [5, 5.41) is 22.2. The third-order valence-electron chi connectivity index (χ3n) is 4.10. The summed E-state index contributed by atoms with van der Waals surface area (Å²) in [6.45, 7) is 6.04. The first-order chi connectivity index (χ1) is 9.76. The van der Waals surface area contributed by atoms with Gasteiger partial charge < -0.3 is 15.5 Å². The minimum atomic E-state index is -0.963. The highest BCUT2D eigenvalue weighted by molar-refractivity contribution is 5.88. The van der Waals surface area contributed by atoms with E-state index in [2.05, 4.69) is 10.3 Å². The third-order valence-corrected chi connectivity index (χ3v) is 4.10. The molecule has 0 amide bonds. The van der Waals surface area contributed by atoms with Crippen LogP contribution in [0.4, 0.5) is 5.82 Å². The van der Waals surface area contributed by atoms with Gasteiger partial charge in [-0.3, -0.25) is 0 Å². The molecule has 5 heteroatoms. The second kappa shape index (κ2) is 5.64. The molecule has 0 unspecified atom stereocenters. The molecule has 21 heavy (non-hydrogen) atoms. The summed E-state index contributed by atoms with van der Waals surface area (Å²) >= 11 is 0. The maximum absolute atomic E-state index is 11.3. The standard InChI is InChI=1S/C16H24N2O3/c1-15(2,3)12-8-11(14(20)21)9-13(17-12)18-16(10-19)6-4-5-7-16/h8-9,19H,4-7,10H2,1-3H3,(H,17,18)(H,20,21). The second-order valence-corrected chi connectivity index (χ2v) is 6.95. The van der Waals surface area contributed by atoms with Crippen LogP contribution in [0.2, 0.25) is 0 Å². The topological polar surface area (TPSA) is 82.5 Å². The van der Waals surface area contributed by atoms with Gasteiger partial charge in [-0.15, -0.1) is 0 Å². The average Bonchev–Trinajstić information content (AvgIpc) is 2.86. The fourth-order valence-corrected chi connectivity index (χ4v) is 2.75. The van der Waals surface area contributed by atoms with Gasteiger partial charge in [0.25, 0.3) is 0 Å². The van der Waals surface area contributed by atoms with E-state index in [9.17, 15) is 15.0 Å². The smallest absolute Gasteiger partial charge is 0.335 e. The number of hydrogen-bond donors (Lipinski definition) is 3. The van der Waals surface area contributed by atoms with Gasteiger partial charge in [0.05, 0.1) is 17.7 Å². The summed E-state index contributed by atoms with van der Waals surface area (Å²) in [7, 11) is 0. The number of aromatic carboxylic acids is 1. The Balaban J connectivity index is 2.38. The zero-order valence-electron chi connectivity index (χ0n) is 12.9. The van der Waals surface area contributed by atoms with Crippen LogP contribution in [0.25, 0.3) is 0 Å². The van der Waals surface area contributed by atoms with Gasteiger partial charge in [-0.05, 0) is 25.0 Å². The molecule has 0 aliphatic heterocycles. The van der Waals surface area contributed by atoms with E-state index in [0.717, 1.165) is 31.4 Å². The van der Waals surface area contributed by atoms with Crippen molar-refractivity contribution in [3.8, 4) is 0 Å². The molecule has 1 aromatic rings. The second-order valence-electron chi connectivity index (χ2n) is 6.95. The van der Waals surface area contributed by atoms with Crippen LogP contribution in [0.1, 0.15) is 62.5 Å². The molecule has 0 spiro atoms. The Labute approximate surface area is 125 Å². The minimum absolute atomic E-state index is 0.0385. The summed E-state index contributed by atoms with van der Waals surface area (Å²) in [5.41, 5.74) is 0.364. The lowest BCUT2D eigenvalue weighted by Crippen LogP contribution is -2.39. The number of aromatic nitrogens is 1. The Kier molecular flexibility index (Phi) is 4.23. The van der Waals surface area contributed by atoms with Gasteiger partial charge in [-0.1, -0.05) is 33.6 Å². The van der Waals surface area contributed by atoms with Crippen molar-refractivity contribution in [2.75, 3.05) is 11.9 Å². The molecule has 0 atom stereocenters. The quantitative estimate of drug-likeness (QED) is 0.795. The van der Waals surface area contributed by atoms with E-state index in [1.165, 1.54) is 0 Å². The number of hydrogen-bond acceptors (Lipinski definition) is 4. The van der Waals surface area contributed by atoms with Crippen LogP contribution in [-0.2, 0) is 5.41 Å². The summed E-state index contributed by atoms with van der Waals surface area (Å²) in [4.78, 5) is 15.9. The molecule has 1 fully saturated rings. The Bertz CT molecular complexity index is 529. The highest BCUT2D eigenvalue weighted by Gasteiger charge is 2.33. The molecule has 116 valence electrons. The van der Waals surface area contributed by atoms with Crippen LogP contribution in [0.5, 0.6) is 0 Å². The zero-order chi connectivity index (χ0) is 15.7. The van der Waals surface area contributed by atoms with E-state index in [1.807, 2.05) is 20.8 Å². The van der Waals surface area contributed by atoms with Gasteiger partial charge in [0.2, 0.25) is 0 Å². The first-order valence-electron chi connectivity index (χ1n) is 7.41. The highest BCUT2D eigenvalue weighted by atomic mass is 16.4. The van der Waals surface area contributed by atoms with Gasteiger partial charge >= 0.3 is 5.97 Å². The van der Waals surface area contributed by atoms with E-state index in [1.54, 1.807) is 12.1 Å². The molecule has 0 bridgehead atoms. The number of anilines is 1. The number of carboxylic acid groups (broad SMARTS) is 1. The Morgan fingerprint density at radius 3 is 2.43 bits per heavy atom. The van der Waals surface area contributed by atoms with Crippen molar-refractivity contribution in [3.05, 3.63) is 23.4 Å². The van der Waals surface area contributed by atoms with Crippen molar-refractivity contribution in [2.24, 2.45) is 0 Å². The Hall–Kier alpha value is -1.62. The molecule has 1 saturated carbocycles. The monoisotopic (exact) mass is 292 g/mol. The molecular formula is C16H24N2O3. The van der Waals surface area contributed by atoms with Gasteiger partial charge in [0.1, 0.15) is 5.82 Å². The van der Waals surface area contributed by atoms with Crippen molar-refractivity contribution < 1.29 is 15.0 Å². The molecule has 1 aromatic heterocycles. The van der Waals surface area contributed by atoms with Crippen LogP contribution in [-0.4, -0.2) is 33.3 Å². The van der Waals surface area contributed by atoms with Crippen LogP contribution >= 0.6 is 0 Å². The number of aliphatic hydroxyl groups excluding tert-OH is 1. The predicted octanol–water partition coefficient (Wildman–Crippen LogP) is 2.79. The maximum Gasteiger partial charge on any atom is 0.335 e. The van der Waals surface area contributed by atoms with Crippen LogP contribution in [0.3, 0.4) is 0 Å². The number of nitrogens with one attached hydrogen (secondary N) is 1. The van der Waals surface area contributed by atoms with Crippen molar-refractivity contribution in [3.63, 3.8) is 0 Å². The Morgan fingerprint density at radius 2 is 1.95 bits per heavy atom. The maximum atomic E-state index is 11.3.